The van der Waals surface area contributed by atoms with Crippen molar-refractivity contribution in [3.8, 4) is 0 Å². The third-order valence-electron chi connectivity index (χ3n) is 3.34. The summed E-state index contributed by atoms with van der Waals surface area (Å²) in [6, 6.07) is 10.1. The molecule has 1 aliphatic rings. The molecule has 1 aromatic rings. The molecule has 1 aliphatic carbocycles. The summed E-state index contributed by atoms with van der Waals surface area (Å²) in [6.07, 6.45) is 10.7. The van der Waals surface area contributed by atoms with Crippen molar-refractivity contribution in [3.63, 3.8) is 0 Å². The van der Waals surface area contributed by atoms with Crippen LogP contribution >= 0.6 is 0 Å². The van der Waals surface area contributed by atoms with Crippen molar-refractivity contribution in [1.82, 2.24) is 0 Å². The van der Waals surface area contributed by atoms with E-state index in [2.05, 4.69) is 6.08 Å². The molecule has 0 spiro atoms. The summed E-state index contributed by atoms with van der Waals surface area (Å²) in [4.78, 5) is 11.4. The zero-order chi connectivity index (χ0) is 14.6. The Balaban J connectivity index is 2.06. The highest BCUT2D eigenvalue weighted by Crippen LogP contribution is 2.30. The van der Waals surface area contributed by atoms with E-state index in [9.17, 15) is 0 Å². The molecule has 0 aromatic heterocycles. The van der Waals surface area contributed by atoms with Crippen molar-refractivity contribution >= 4 is 0 Å². The van der Waals surface area contributed by atoms with Gasteiger partial charge in [0.05, 0.1) is 17.7 Å². The fourth-order valence-corrected chi connectivity index (χ4v) is 1.93. The Labute approximate surface area is 121 Å². The van der Waals surface area contributed by atoms with Gasteiger partial charge in [-0.05, 0) is 33.3 Å². The van der Waals surface area contributed by atoms with E-state index in [4.69, 9.17) is 9.78 Å². The third kappa shape index (κ3) is 3.43. The van der Waals surface area contributed by atoms with Crippen molar-refractivity contribution in [2.75, 3.05) is 0 Å². The molecule has 20 heavy (non-hydrogen) atoms. The van der Waals surface area contributed by atoms with Crippen molar-refractivity contribution in [2.45, 2.75) is 38.9 Å². The maximum Gasteiger partial charge on any atom is 0.147 e. The molecule has 1 aromatic carbocycles. The summed E-state index contributed by atoms with van der Waals surface area (Å²) in [7, 11) is 0. The Morgan fingerprint density at radius 2 is 1.55 bits per heavy atom. The van der Waals surface area contributed by atoms with E-state index in [1.807, 2.05) is 82.3 Å². The molecule has 0 fully saturated rings. The molecular formula is C18H21O2+. The topological polar surface area (TPSA) is 18.5 Å². The summed E-state index contributed by atoms with van der Waals surface area (Å²) in [5, 5.41) is 0. The van der Waals surface area contributed by atoms with Gasteiger partial charge in [0.1, 0.15) is 23.4 Å². The molecule has 0 aliphatic heterocycles. The van der Waals surface area contributed by atoms with Crippen molar-refractivity contribution in [1.29, 1.82) is 0 Å². The summed E-state index contributed by atoms with van der Waals surface area (Å²) >= 11 is 0. The molecular weight excluding hydrogens is 248 g/mol. The van der Waals surface area contributed by atoms with E-state index < -0.39 is 11.2 Å². The molecule has 2 heteroatoms. The van der Waals surface area contributed by atoms with Gasteiger partial charge in [0.15, 0.2) is 0 Å². The summed E-state index contributed by atoms with van der Waals surface area (Å²) < 4.78 is 0. The Hall–Kier alpha value is -1.73. The van der Waals surface area contributed by atoms with Crippen LogP contribution in [0.25, 0.3) is 0 Å². The normalized spacial score (nSPS) is 14.9. The first-order valence-corrected chi connectivity index (χ1v) is 6.81. The third-order valence-corrected chi connectivity index (χ3v) is 3.34. The van der Waals surface area contributed by atoms with Gasteiger partial charge < -0.3 is 0 Å². The summed E-state index contributed by atoms with van der Waals surface area (Å²) in [5.41, 5.74) is 1.12. The van der Waals surface area contributed by atoms with Gasteiger partial charge in [0.25, 0.3) is 0 Å². The minimum Gasteiger partial charge on any atom is -0.225 e. The van der Waals surface area contributed by atoms with Crippen LogP contribution < -0.4 is 0 Å². The molecule has 0 radical (unpaired) electrons. The first-order chi connectivity index (χ1) is 9.42. The molecule has 0 saturated heterocycles. The first-order valence-electron chi connectivity index (χ1n) is 6.81. The smallest absolute Gasteiger partial charge is 0.147 e. The highest BCUT2D eigenvalue weighted by atomic mass is 17.2. The van der Waals surface area contributed by atoms with Gasteiger partial charge in [0.2, 0.25) is 0 Å². The van der Waals surface area contributed by atoms with Gasteiger partial charge in [-0.25, -0.2) is 9.78 Å². The van der Waals surface area contributed by atoms with E-state index in [0.717, 1.165) is 11.1 Å². The van der Waals surface area contributed by atoms with E-state index in [1.165, 1.54) is 0 Å². The molecule has 2 rings (SSSR count). The van der Waals surface area contributed by atoms with Crippen molar-refractivity contribution < 1.29 is 9.78 Å². The second-order valence-electron chi connectivity index (χ2n) is 5.84. The lowest BCUT2D eigenvalue weighted by Gasteiger charge is -2.30. The van der Waals surface area contributed by atoms with Crippen LogP contribution in [0.3, 0.4) is 0 Å². The Kier molecular flexibility index (Phi) is 4.20. The highest BCUT2D eigenvalue weighted by Gasteiger charge is 2.32. The summed E-state index contributed by atoms with van der Waals surface area (Å²) in [6.45, 7) is 7.97. The molecule has 0 N–H and O–H groups in total. The quantitative estimate of drug-likeness (QED) is 0.445. The Morgan fingerprint density at radius 1 is 0.900 bits per heavy atom. The lowest BCUT2D eigenvalue weighted by molar-refractivity contribution is -0.396. The Morgan fingerprint density at radius 3 is 2.15 bits per heavy atom. The molecule has 2 nitrogen and oxygen atoms in total. The zero-order valence-electron chi connectivity index (χ0n) is 12.5. The van der Waals surface area contributed by atoms with Crippen LogP contribution in [0.4, 0.5) is 0 Å². The van der Waals surface area contributed by atoms with Crippen LogP contribution in [-0.4, -0.2) is 5.60 Å². The molecule has 0 amide bonds. The molecule has 0 saturated carbocycles. The fourth-order valence-electron chi connectivity index (χ4n) is 1.93. The maximum absolute atomic E-state index is 5.72. The van der Waals surface area contributed by atoms with Crippen molar-refractivity contribution in [3.05, 3.63) is 71.8 Å². The number of rotatable bonds is 5. The van der Waals surface area contributed by atoms with Crippen LogP contribution in [0.2, 0.25) is 0 Å². The lowest BCUT2D eigenvalue weighted by Crippen LogP contribution is -2.32. The lowest BCUT2D eigenvalue weighted by atomic mass is 9.95. The van der Waals surface area contributed by atoms with Gasteiger partial charge in [0, 0.05) is 6.08 Å². The van der Waals surface area contributed by atoms with Gasteiger partial charge in [-0.1, -0.05) is 30.3 Å². The summed E-state index contributed by atoms with van der Waals surface area (Å²) in [5.74, 6) is 0. The van der Waals surface area contributed by atoms with Crippen molar-refractivity contribution in [2.24, 2.45) is 0 Å². The standard InChI is InChI=1S/C18H21O2/c1-17(2,15-11-7-5-8-12-15)19-20-18(3,4)16-13-9-6-10-14-16/h5,7-14H,1-4H3/q+1. The average Bonchev–Trinajstić information content (AvgIpc) is 2.47. The van der Waals surface area contributed by atoms with Gasteiger partial charge in [-0.2, -0.15) is 0 Å². The van der Waals surface area contributed by atoms with Crippen LogP contribution in [0, 0.1) is 6.08 Å². The van der Waals surface area contributed by atoms with Crippen LogP contribution in [0.1, 0.15) is 33.3 Å². The molecule has 0 heterocycles. The highest BCUT2D eigenvalue weighted by molar-refractivity contribution is 5.35. The van der Waals surface area contributed by atoms with E-state index in [-0.39, 0.29) is 0 Å². The molecule has 0 unspecified atom stereocenters. The second-order valence-corrected chi connectivity index (χ2v) is 5.84. The van der Waals surface area contributed by atoms with E-state index in [1.54, 1.807) is 0 Å². The van der Waals surface area contributed by atoms with E-state index in [0.29, 0.717) is 0 Å². The predicted molar refractivity (Wildman–Crippen MR) is 80.8 cm³/mol. The second kappa shape index (κ2) is 5.72. The first kappa shape index (κ1) is 14.7. The molecule has 104 valence electrons. The Bertz CT molecular complexity index is 534. The zero-order valence-corrected chi connectivity index (χ0v) is 12.5. The average molecular weight is 269 g/mol. The van der Waals surface area contributed by atoms with Crippen LogP contribution in [-0.2, 0) is 15.4 Å². The fraction of sp³-hybridized carbons (Fsp3) is 0.333. The SMILES string of the molecule is CC(C)(OOC(C)(C)c1ccccc1)C1=CC=[C+]C=C1. The number of hydrogen-bond acceptors (Lipinski definition) is 2. The molecule has 0 atom stereocenters. The monoisotopic (exact) mass is 269 g/mol. The minimum atomic E-state index is -0.513. The molecule has 0 bridgehead atoms. The van der Waals surface area contributed by atoms with Gasteiger partial charge >= 0.3 is 0 Å². The van der Waals surface area contributed by atoms with Gasteiger partial charge in [-0.15, -0.1) is 0 Å². The maximum atomic E-state index is 5.72. The number of hydrogen-bond donors (Lipinski definition) is 0. The number of allylic oxidation sites excluding steroid dienone is 4. The van der Waals surface area contributed by atoms with Gasteiger partial charge in [-0.3, -0.25) is 0 Å². The van der Waals surface area contributed by atoms with Crippen LogP contribution in [0.5, 0.6) is 0 Å². The van der Waals surface area contributed by atoms with Crippen LogP contribution in [0.15, 0.2) is 60.2 Å². The van der Waals surface area contributed by atoms with E-state index >= 15 is 0 Å². The predicted octanol–water partition coefficient (Wildman–Crippen LogP) is 4.50. The largest absolute Gasteiger partial charge is 0.225 e. The minimum absolute atomic E-state index is 0.501. The number of benzene rings is 1.